The molecule has 0 amide bonds. The quantitative estimate of drug-likeness (QED) is 0.308. The average molecular weight is 533 g/mol. The van der Waals surface area contributed by atoms with Gasteiger partial charge in [-0.25, -0.2) is 6.57 Å². The molecule has 0 bridgehead atoms. The van der Waals surface area contributed by atoms with E-state index in [9.17, 15) is 9.59 Å². The van der Waals surface area contributed by atoms with Crippen LogP contribution >= 0.6 is 0 Å². The minimum atomic E-state index is -1.36. The van der Waals surface area contributed by atoms with Gasteiger partial charge in [0.05, 0.1) is 0 Å². The Hall–Kier alpha value is -1.51. The number of ketones is 2. The number of nitrogens with zero attached hydrogens (tertiary/aromatic N) is 2. The van der Waals surface area contributed by atoms with Gasteiger partial charge >= 0.3 is 5.72 Å². The molecular weight excluding hydrogens is 484 g/mol. The molecule has 212 valence electrons. The summed E-state index contributed by atoms with van der Waals surface area (Å²) in [5.41, 5.74) is -1.31. The van der Waals surface area contributed by atoms with Gasteiger partial charge in [-0.3, -0.25) is 19.2 Å². The van der Waals surface area contributed by atoms with Crippen LogP contribution in [0.1, 0.15) is 93.4 Å². The molecule has 7 aliphatic rings. The molecule has 0 radical (unpaired) electrons. The highest BCUT2D eigenvalue weighted by Crippen LogP contribution is 2.78. The number of carbonyl (C=O) groups excluding carboxylic acids is 2. The van der Waals surface area contributed by atoms with E-state index in [2.05, 4.69) is 50.4 Å². The number of hydrogen-bond donors (Lipinski definition) is 0. The van der Waals surface area contributed by atoms with Crippen molar-refractivity contribution in [3.8, 4) is 0 Å². The van der Waals surface area contributed by atoms with Gasteiger partial charge in [0.1, 0.15) is 0 Å². The molecule has 5 nitrogen and oxygen atoms in total. The summed E-state index contributed by atoms with van der Waals surface area (Å²) in [7, 11) is 0. The average Bonchev–Trinajstić information content (AvgIpc) is 3.62. The van der Waals surface area contributed by atoms with E-state index in [1.54, 1.807) is 0 Å². The zero-order chi connectivity index (χ0) is 28.0. The van der Waals surface area contributed by atoms with Crippen molar-refractivity contribution in [3.05, 3.63) is 23.1 Å². The van der Waals surface area contributed by atoms with Crippen molar-refractivity contribution < 1.29 is 14.3 Å². The topological polar surface area (TPSA) is 54.3 Å². The number of epoxide rings is 1. The molecule has 2 saturated heterocycles. The largest absolute Gasteiger partial charge is 0.424 e. The minimum absolute atomic E-state index is 0.0446. The number of hydrogen-bond acceptors (Lipinski definition) is 4. The van der Waals surface area contributed by atoms with Gasteiger partial charge in [0.15, 0.2) is 11.9 Å². The van der Waals surface area contributed by atoms with E-state index in [1.807, 2.05) is 13.8 Å². The number of allylic oxidation sites excluding steroid dienone is 1. The molecule has 5 heteroatoms. The highest BCUT2D eigenvalue weighted by Gasteiger charge is 2.87. The van der Waals surface area contributed by atoms with Gasteiger partial charge in [0.25, 0.3) is 5.78 Å². The summed E-state index contributed by atoms with van der Waals surface area (Å²) < 4.78 is 6.17. The molecule has 2 heterocycles. The molecule has 11 atom stereocenters. The Kier molecular flexibility index (Phi) is 5.18. The Balaban J connectivity index is 1.37. The SMILES string of the molecule is [C-]#[N+][C@@]12OC1[C@]1(C)C3=CC(=O)[C@@H]4[C@@H]5[C@@H](C)[C@H](C)CC[C@]5(CN5CCC5)CC[C@@]4(C)[C@]3(C)CC[C@H]1C(C)(C)C2=O. The molecule has 2 aliphatic heterocycles. The van der Waals surface area contributed by atoms with Crippen molar-refractivity contribution in [2.75, 3.05) is 19.6 Å². The molecule has 0 aromatic heterocycles. The van der Waals surface area contributed by atoms with E-state index in [0.717, 1.165) is 19.3 Å². The predicted molar refractivity (Wildman–Crippen MR) is 150 cm³/mol. The lowest BCUT2D eigenvalue weighted by Crippen LogP contribution is -2.68. The number of rotatable bonds is 2. The van der Waals surface area contributed by atoms with Crippen LogP contribution in [-0.4, -0.2) is 47.9 Å². The van der Waals surface area contributed by atoms with Gasteiger partial charge in [0, 0.05) is 23.3 Å². The lowest BCUT2D eigenvalue weighted by atomic mass is 9.33. The first-order chi connectivity index (χ1) is 18.2. The lowest BCUT2D eigenvalue weighted by Gasteiger charge is -2.70. The molecule has 5 aliphatic carbocycles. The van der Waals surface area contributed by atoms with Crippen molar-refractivity contribution in [1.82, 2.24) is 4.90 Å². The zero-order valence-electron chi connectivity index (χ0n) is 25.2. The summed E-state index contributed by atoms with van der Waals surface area (Å²) in [4.78, 5) is 34.8. The van der Waals surface area contributed by atoms with Gasteiger partial charge in [-0.05, 0) is 104 Å². The van der Waals surface area contributed by atoms with Crippen LogP contribution < -0.4 is 0 Å². The maximum atomic E-state index is 14.7. The Morgan fingerprint density at radius 1 is 1.03 bits per heavy atom. The van der Waals surface area contributed by atoms with E-state index in [4.69, 9.17) is 11.3 Å². The maximum absolute atomic E-state index is 14.7. The van der Waals surface area contributed by atoms with Crippen molar-refractivity contribution >= 4 is 11.6 Å². The Morgan fingerprint density at radius 3 is 2.38 bits per heavy atom. The molecule has 39 heavy (non-hydrogen) atoms. The fraction of sp³-hybridized carbons (Fsp3) is 0.853. The zero-order valence-corrected chi connectivity index (χ0v) is 25.2. The van der Waals surface area contributed by atoms with Crippen LogP contribution in [0.3, 0.4) is 0 Å². The van der Waals surface area contributed by atoms with Crippen molar-refractivity contribution in [1.29, 1.82) is 0 Å². The van der Waals surface area contributed by atoms with Crippen molar-refractivity contribution in [3.63, 3.8) is 0 Å². The second kappa shape index (κ2) is 7.65. The van der Waals surface area contributed by atoms with Crippen LogP contribution in [0.4, 0.5) is 0 Å². The van der Waals surface area contributed by atoms with E-state index in [-0.39, 0.29) is 33.9 Å². The lowest BCUT2D eigenvalue weighted by molar-refractivity contribution is -0.185. The third-order valence-corrected chi connectivity index (χ3v) is 14.7. The van der Waals surface area contributed by atoms with Crippen molar-refractivity contribution in [2.24, 2.45) is 56.7 Å². The standard InChI is InChI=1S/C34H48N2O3/c1-20-10-13-33(19-36-16-9-17-36)15-14-31(6)26(25(33)21(20)2)22(37)18-24-30(31,5)12-11-23-29(3,4)27(38)34(35-8)28(39-34)32(23,24)7/h18,20-21,23,25-26,28H,9-17,19H2,1-7H3/t20-,21+,23+,25+,26-,28?,30-,31-,32+,33-,34+/m1/s1. The van der Waals surface area contributed by atoms with E-state index in [1.165, 1.54) is 50.9 Å². The number of ether oxygens (including phenoxy) is 1. The Bertz CT molecular complexity index is 1230. The van der Waals surface area contributed by atoms with Crippen LogP contribution in [0, 0.1) is 63.2 Å². The third-order valence-electron chi connectivity index (χ3n) is 14.7. The normalized spacial score (nSPS) is 55.5. The Labute approximate surface area is 235 Å². The summed E-state index contributed by atoms with van der Waals surface area (Å²) in [5, 5.41) is 0. The summed E-state index contributed by atoms with van der Waals surface area (Å²) in [5.74, 6) is 1.99. The first-order valence-electron chi connectivity index (χ1n) is 15.8. The monoisotopic (exact) mass is 532 g/mol. The highest BCUT2D eigenvalue weighted by atomic mass is 16.6. The first kappa shape index (κ1) is 26.4. The fourth-order valence-corrected chi connectivity index (χ4v) is 12.1. The number of fused-ring (bicyclic) bond motifs is 9. The molecule has 6 fully saturated rings. The molecule has 0 spiro atoms. The fourth-order valence-electron chi connectivity index (χ4n) is 12.1. The van der Waals surface area contributed by atoms with E-state index < -0.39 is 22.7 Å². The smallest absolute Gasteiger partial charge is 0.303 e. The second-order valence-electron chi connectivity index (χ2n) is 16.3. The summed E-state index contributed by atoms with van der Waals surface area (Å²) >= 11 is 0. The summed E-state index contributed by atoms with van der Waals surface area (Å²) in [6.45, 7) is 27.6. The molecule has 4 saturated carbocycles. The van der Waals surface area contributed by atoms with Gasteiger partial charge in [0.2, 0.25) is 0 Å². The maximum Gasteiger partial charge on any atom is 0.424 e. The van der Waals surface area contributed by atoms with Crippen LogP contribution in [-0.2, 0) is 14.3 Å². The molecule has 7 rings (SSSR count). The van der Waals surface area contributed by atoms with Gasteiger partial charge in [-0.15, -0.1) is 0 Å². The van der Waals surface area contributed by atoms with Crippen LogP contribution in [0.15, 0.2) is 11.6 Å². The van der Waals surface area contributed by atoms with Crippen LogP contribution in [0.2, 0.25) is 0 Å². The van der Waals surface area contributed by atoms with Gasteiger partial charge in [-0.2, -0.15) is 0 Å². The number of likely N-dealkylation sites (tertiary alicyclic amines) is 1. The van der Waals surface area contributed by atoms with E-state index in [0.29, 0.717) is 23.5 Å². The highest BCUT2D eigenvalue weighted by molar-refractivity contribution is 6.00. The minimum Gasteiger partial charge on any atom is -0.303 e. The van der Waals surface area contributed by atoms with Crippen molar-refractivity contribution in [2.45, 2.75) is 105 Å². The molecule has 0 aromatic rings. The summed E-state index contributed by atoms with van der Waals surface area (Å²) in [6, 6.07) is 0. The molecule has 0 aromatic carbocycles. The first-order valence-corrected chi connectivity index (χ1v) is 15.8. The second-order valence-corrected chi connectivity index (χ2v) is 16.3. The number of carbonyl (C=O) groups is 2. The predicted octanol–water partition coefficient (Wildman–Crippen LogP) is 6.33. The molecule has 1 unspecified atom stereocenters. The Morgan fingerprint density at radius 2 is 1.74 bits per heavy atom. The van der Waals surface area contributed by atoms with Crippen LogP contribution in [0.5, 0.6) is 0 Å². The number of Topliss-reactive ketones (excluding diaryl/α,β-unsaturated/α-hetero) is 1. The van der Waals surface area contributed by atoms with E-state index >= 15 is 0 Å². The van der Waals surface area contributed by atoms with Gasteiger partial charge in [-0.1, -0.05) is 54.0 Å². The van der Waals surface area contributed by atoms with Crippen LogP contribution in [0.25, 0.3) is 4.85 Å². The summed E-state index contributed by atoms with van der Waals surface area (Å²) in [6.07, 6.45) is 9.73. The third kappa shape index (κ3) is 2.85. The molecule has 0 N–H and O–H groups in total. The van der Waals surface area contributed by atoms with Gasteiger partial charge < -0.3 is 4.90 Å². The molecular formula is C34H48N2O3.